The van der Waals surface area contributed by atoms with Crippen molar-refractivity contribution in [2.24, 2.45) is 0 Å². The number of methoxy groups -OCH3 is 1. The maximum Gasteiger partial charge on any atom is 0.270 e. The fraction of sp³-hybridized carbons (Fsp3) is 0.300. The second kappa shape index (κ2) is 7.75. The molecule has 7 heteroatoms. The topological polar surface area (TPSA) is 58.9 Å². The summed E-state index contributed by atoms with van der Waals surface area (Å²) in [5, 5.41) is 2.95. The Labute approximate surface area is 157 Å². The quantitative estimate of drug-likeness (QED) is 0.725. The van der Waals surface area contributed by atoms with Gasteiger partial charge < -0.3 is 15.0 Å². The molecule has 1 N–H and O–H groups in total. The number of amides is 1. The molecule has 0 radical (unpaired) electrons. The summed E-state index contributed by atoms with van der Waals surface area (Å²) in [4.78, 5) is 19.1. The van der Waals surface area contributed by atoms with Crippen LogP contribution in [-0.2, 0) is 0 Å². The predicted molar refractivity (Wildman–Crippen MR) is 102 cm³/mol. The number of hydrogen-bond donors (Lipinski definition) is 1. The molecule has 1 aromatic carbocycles. The summed E-state index contributed by atoms with van der Waals surface area (Å²) in [6.45, 7) is 2.15. The van der Waals surface area contributed by atoms with Crippen molar-refractivity contribution in [3.05, 3.63) is 65.4 Å². The molecule has 2 aromatic heterocycles. The van der Waals surface area contributed by atoms with Gasteiger partial charge in [-0.2, -0.15) is 0 Å². The van der Waals surface area contributed by atoms with Gasteiger partial charge in [0.2, 0.25) is 0 Å². The number of halogens is 1. The van der Waals surface area contributed by atoms with Gasteiger partial charge in [0.25, 0.3) is 5.91 Å². The number of fused-ring (bicyclic) bond motifs is 1. The molecule has 27 heavy (non-hydrogen) atoms. The van der Waals surface area contributed by atoms with E-state index in [1.807, 2.05) is 43.3 Å². The monoisotopic (exact) mass is 370 g/mol. The Balaban J connectivity index is 1.80. The molecule has 6 nitrogen and oxygen atoms in total. The standard InChI is InChI=1S/C20H23FN4O2/c1-13-19(25-12-15(21)7-10-18(25)23-13)20(26)22-11-17(24(2)3)14-5-8-16(27-4)9-6-14/h5-10,12,17H,11H2,1-4H3,(H,22,26). The molecule has 142 valence electrons. The minimum Gasteiger partial charge on any atom is -0.497 e. The zero-order chi connectivity index (χ0) is 19.6. The lowest BCUT2D eigenvalue weighted by Crippen LogP contribution is -2.35. The number of carbonyl (C=O) groups excluding carboxylic acids is 1. The molecule has 1 unspecified atom stereocenters. The lowest BCUT2D eigenvalue weighted by atomic mass is 10.1. The second-order valence-corrected chi connectivity index (χ2v) is 6.58. The molecule has 0 aliphatic rings. The number of aryl methyl sites for hydroxylation is 1. The van der Waals surface area contributed by atoms with Crippen LogP contribution in [0.15, 0.2) is 42.6 Å². The van der Waals surface area contributed by atoms with E-state index in [1.165, 1.54) is 16.7 Å². The van der Waals surface area contributed by atoms with Gasteiger partial charge in [0.05, 0.1) is 18.8 Å². The van der Waals surface area contributed by atoms with E-state index < -0.39 is 5.82 Å². The number of ether oxygens (including phenoxy) is 1. The SMILES string of the molecule is COc1ccc(C(CNC(=O)c2c(C)nc3ccc(F)cn23)N(C)C)cc1. The first-order chi connectivity index (χ1) is 12.9. The number of rotatable bonds is 6. The molecule has 0 aliphatic carbocycles. The largest absolute Gasteiger partial charge is 0.497 e. The van der Waals surface area contributed by atoms with Crippen molar-refractivity contribution < 1.29 is 13.9 Å². The summed E-state index contributed by atoms with van der Waals surface area (Å²) in [6.07, 6.45) is 1.27. The van der Waals surface area contributed by atoms with E-state index in [2.05, 4.69) is 10.3 Å². The molecule has 1 amide bonds. The molecule has 2 heterocycles. The van der Waals surface area contributed by atoms with E-state index in [-0.39, 0.29) is 11.9 Å². The molecule has 1 atom stereocenters. The number of nitrogens with one attached hydrogen (secondary N) is 1. The summed E-state index contributed by atoms with van der Waals surface area (Å²) in [5.41, 5.74) is 2.50. The minimum absolute atomic E-state index is 0.0175. The summed E-state index contributed by atoms with van der Waals surface area (Å²) in [7, 11) is 5.53. The Morgan fingerprint density at radius 2 is 1.96 bits per heavy atom. The van der Waals surface area contributed by atoms with Gasteiger partial charge >= 0.3 is 0 Å². The Hall–Kier alpha value is -2.93. The van der Waals surface area contributed by atoms with Crippen LogP contribution in [-0.4, -0.2) is 47.9 Å². The van der Waals surface area contributed by atoms with Gasteiger partial charge in [0.15, 0.2) is 0 Å². The average Bonchev–Trinajstić information content (AvgIpc) is 2.97. The zero-order valence-electron chi connectivity index (χ0n) is 15.9. The predicted octanol–water partition coefficient (Wildman–Crippen LogP) is 2.82. The normalized spacial score (nSPS) is 12.4. The van der Waals surface area contributed by atoms with Crippen molar-refractivity contribution in [3.63, 3.8) is 0 Å². The van der Waals surface area contributed by atoms with Crippen molar-refractivity contribution in [1.82, 2.24) is 19.6 Å². The molecule has 0 saturated carbocycles. The van der Waals surface area contributed by atoms with Gasteiger partial charge in [-0.1, -0.05) is 12.1 Å². The number of imidazole rings is 1. The van der Waals surface area contributed by atoms with E-state index in [4.69, 9.17) is 4.74 Å². The molecule has 0 fully saturated rings. The molecule has 0 bridgehead atoms. The van der Waals surface area contributed by atoms with E-state index in [1.54, 1.807) is 20.1 Å². The Morgan fingerprint density at radius 3 is 2.59 bits per heavy atom. The third-order valence-corrected chi connectivity index (χ3v) is 4.55. The van der Waals surface area contributed by atoms with Crippen LogP contribution in [0.3, 0.4) is 0 Å². The highest BCUT2D eigenvalue weighted by Gasteiger charge is 2.20. The number of nitrogens with zero attached hydrogens (tertiary/aromatic N) is 3. The highest BCUT2D eigenvalue weighted by Crippen LogP contribution is 2.21. The van der Waals surface area contributed by atoms with Crippen molar-refractivity contribution in [1.29, 1.82) is 0 Å². The number of likely N-dealkylation sites (N-methyl/N-ethyl adjacent to an activating group) is 1. The average molecular weight is 370 g/mol. The number of pyridine rings is 1. The van der Waals surface area contributed by atoms with Gasteiger partial charge in [-0.3, -0.25) is 9.20 Å². The van der Waals surface area contributed by atoms with Crippen molar-refractivity contribution in [2.75, 3.05) is 27.7 Å². The van der Waals surface area contributed by atoms with Crippen LogP contribution in [0.1, 0.15) is 27.8 Å². The first-order valence-corrected chi connectivity index (χ1v) is 8.63. The summed E-state index contributed by atoms with van der Waals surface area (Å²) < 4.78 is 20.3. The first kappa shape index (κ1) is 18.8. The van der Waals surface area contributed by atoms with Crippen LogP contribution in [0.25, 0.3) is 5.65 Å². The van der Waals surface area contributed by atoms with E-state index in [0.29, 0.717) is 23.6 Å². The van der Waals surface area contributed by atoms with Crippen LogP contribution < -0.4 is 10.1 Å². The van der Waals surface area contributed by atoms with E-state index in [0.717, 1.165) is 11.3 Å². The second-order valence-electron chi connectivity index (χ2n) is 6.58. The summed E-state index contributed by atoms with van der Waals surface area (Å²) >= 11 is 0. The molecule has 3 rings (SSSR count). The maximum atomic E-state index is 13.6. The molecule has 3 aromatic rings. The van der Waals surface area contributed by atoms with Gasteiger partial charge in [-0.25, -0.2) is 9.37 Å². The Kier molecular flexibility index (Phi) is 5.41. The van der Waals surface area contributed by atoms with Crippen molar-refractivity contribution in [3.8, 4) is 5.75 Å². The fourth-order valence-electron chi connectivity index (χ4n) is 3.11. The molecular formula is C20H23FN4O2. The smallest absolute Gasteiger partial charge is 0.270 e. The van der Waals surface area contributed by atoms with Crippen LogP contribution in [0.2, 0.25) is 0 Å². The zero-order valence-corrected chi connectivity index (χ0v) is 15.9. The van der Waals surface area contributed by atoms with Gasteiger partial charge in [0.1, 0.15) is 22.9 Å². The Morgan fingerprint density at radius 1 is 1.26 bits per heavy atom. The highest BCUT2D eigenvalue weighted by atomic mass is 19.1. The highest BCUT2D eigenvalue weighted by molar-refractivity contribution is 5.94. The van der Waals surface area contributed by atoms with Crippen LogP contribution in [0, 0.1) is 12.7 Å². The van der Waals surface area contributed by atoms with Crippen molar-refractivity contribution >= 4 is 11.6 Å². The number of benzene rings is 1. The van der Waals surface area contributed by atoms with Crippen LogP contribution in [0.4, 0.5) is 4.39 Å². The minimum atomic E-state index is -0.418. The van der Waals surface area contributed by atoms with Crippen LogP contribution in [0.5, 0.6) is 5.75 Å². The Bertz CT molecular complexity index is 951. The van der Waals surface area contributed by atoms with Crippen molar-refractivity contribution in [2.45, 2.75) is 13.0 Å². The molecular weight excluding hydrogens is 347 g/mol. The van der Waals surface area contributed by atoms with Gasteiger partial charge in [-0.15, -0.1) is 0 Å². The third kappa shape index (κ3) is 3.93. The van der Waals surface area contributed by atoms with E-state index >= 15 is 0 Å². The molecule has 0 saturated heterocycles. The number of hydrogen-bond acceptors (Lipinski definition) is 4. The number of carbonyl (C=O) groups is 1. The summed E-state index contributed by atoms with van der Waals surface area (Å²) in [6, 6.07) is 10.6. The first-order valence-electron chi connectivity index (χ1n) is 8.63. The fourth-order valence-corrected chi connectivity index (χ4v) is 3.11. The third-order valence-electron chi connectivity index (χ3n) is 4.55. The molecule has 0 aliphatic heterocycles. The molecule has 0 spiro atoms. The van der Waals surface area contributed by atoms with Gasteiger partial charge in [-0.05, 0) is 50.8 Å². The maximum absolute atomic E-state index is 13.6. The van der Waals surface area contributed by atoms with E-state index in [9.17, 15) is 9.18 Å². The lowest BCUT2D eigenvalue weighted by Gasteiger charge is -2.25. The van der Waals surface area contributed by atoms with Gasteiger partial charge in [0, 0.05) is 12.7 Å². The number of aromatic nitrogens is 2. The van der Waals surface area contributed by atoms with Crippen LogP contribution >= 0.6 is 0 Å². The summed E-state index contributed by atoms with van der Waals surface area (Å²) in [5.74, 6) is 0.0768. The lowest BCUT2D eigenvalue weighted by molar-refractivity contribution is 0.0935.